The molecule has 4 nitrogen and oxygen atoms in total. The zero-order valence-corrected chi connectivity index (χ0v) is 9.62. The monoisotopic (exact) mass is 213 g/mol. The topological polar surface area (TPSA) is 57.6 Å². The molecule has 0 saturated heterocycles. The second-order valence-electron chi connectivity index (χ2n) is 4.91. The van der Waals surface area contributed by atoms with Crippen molar-refractivity contribution in [3.05, 3.63) is 0 Å². The van der Waals surface area contributed by atoms with Crippen LogP contribution >= 0.6 is 0 Å². The number of carboxylic acids is 1. The van der Waals surface area contributed by atoms with E-state index < -0.39 is 11.4 Å². The first-order valence-corrected chi connectivity index (χ1v) is 5.34. The molecule has 1 aliphatic carbocycles. The summed E-state index contributed by atoms with van der Waals surface area (Å²) in [5.74, 6) is -0.793. The molecule has 0 bridgehead atoms. The van der Waals surface area contributed by atoms with Crippen LogP contribution in [-0.4, -0.2) is 35.5 Å². The highest BCUT2D eigenvalue weighted by molar-refractivity contribution is 6.00. The van der Waals surface area contributed by atoms with Crippen molar-refractivity contribution in [1.29, 1.82) is 0 Å². The van der Waals surface area contributed by atoms with Crippen LogP contribution in [0.15, 0.2) is 0 Å². The minimum Gasteiger partial charge on any atom is -0.480 e. The molecule has 1 saturated carbocycles. The van der Waals surface area contributed by atoms with E-state index in [1.807, 2.05) is 0 Å². The summed E-state index contributed by atoms with van der Waals surface area (Å²) in [6.07, 6.45) is 3.55. The van der Waals surface area contributed by atoms with Gasteiger partial charge in [-0.1, -0.05) is 6.42 Å². The predicted molar refractivity (Wildman–Crippen MR) is 56.4 cm³/mol. The Labute approximate surface area is 90.3 Å². The molecule has 0 spiro atoms. The highest BCUT2D eigenvalue weighted by atomic mass is 16.4. The zero-order chi connectivity index (χ0) is 11.6. The summed E-state index contributed by atoms with van der Waals surface area (Å²) >= 11 is 0. The van der Waals surface area contributed by atoms with Crippen molar-refractivity contribution < 1.29 is 14.7 Å². The Morgan fingerprint density at radius 2 is 1.93 bits per heavy atom. The second kappa shape index (κ2) is 4.21. The van der Waals surface area contributed by atoms with Crippen molar-refractivity contribution in [2.75, 3.05) is 13.6 Å². The van der Waals surface area contributed by atoms with Gasteiger partial charge in [0, 0.05) is 13.6 Å². The van der Waals surface area contributed by atoms with Crippen LogP contribution in [0.25, 0.3) is 0 Å². The maximum atomic E-state index is 11.8. The SMILES string of the molecule is CN(CC1CCC1)C(=O)C(C)(C)C(=O)O. The van der Waals surface area contributed by atoms with Gasteiger partial charge in [-0.15, -0.1) is 0 Å². The van der Waals surface area contributed by atoms with Gasteiger partial charge in [0.25, 0.3) is 0 Å². The number of aliphatic carboxylic acids is 1. The van der Waals surface area contributed by atoms with E-state index in [1.165, 1.54) is 20.3 Å². The van der Waals surface area contributed by atoms with Crippen LogP contribution in [0.2, 0.25) is 0 Å². The Hall–Kier alpha value is -1.06. The molecule has 86 valence electrons. The van der Waals surface area contributed by atoms with E-state index in [9.17, 15) is 9.59 Å². The third kappa shape index (κ3) is 2.49. The van der Waals surface area contributed by atoms with E-state index in [-0.39, 0.29) is 5.91 Å². The average molecular weight is 213 g/mol. The van der Waals surface area contributed by atoms with Gasteiger partial charge >= 0.3 is 5.97 Å². The van der Waals surface area contributed by atoms with Crippen LogP contribution in [0, 0.1) is 11.3 Å². The van der Waals surface area contributed by atoms with Crippen LogP contribution in [0.5, 0.6) is 0 Å². The largest absolute Gasteiger partial charge is 0.480 e. The number of carboxylic acid groups (broad SMARTS) is 1. The van der Waals surface area contributed by atoms with Gasteiger partial charge in [0.15, 0.2) is 0 Å². The molecule has 0 aromatic carbocycles. The van der Waals surface area contributed by atoms with Gasteiger partial charge in [-0.25, -0.2) is 0 Å². The van der Waals surface area contributed by atoms with Crippen molar-refractivity contribution in [2.45, 2.75) is 33.1 Å². The molecule has 0 radical (unpaired) electrons. The summed E-state index contributed by atoms with van der Waals surface area (Å²) in [6.45, 7) is 3.60. The summed E-state index contributed by atoms with van der Waals surface area (Å²) < 4.78 is 0. The van der Waals surface area contributed by atoms with E-state index >= 15 is 0 Å². The first-order chi connectivity index (χ1) is 6.85. The molecule has 1 amide bonds. The molecule has 4 heteroatoms. The fraction of sp³-hybridized carbons (Fsp3) is 0.818. The third-order valence-electron chi connectivity index (χ3n) is 3.17. The summed E-state index contributed by atoms with van der Waals surface area (Å²) in [5.41, 5.74) is -1.31. The quantitative estimate of drug-likeness (QED) is 0.717. The van der Waals surface area contributed by atoms with E-state index in [1.54, 1.807) is 11.9 Å². The molecular weight excluding hydrogens is 194 g/mol. The normalized spacial score (nSPS) is 17.0. The maximum absolute atomic E-state index is 11.8. The fourth-order valence-electron chi connectivity index (χ4n) is 1.71. The van der Waals surface area contributed by atoms with Gasteiger partial charge in [0.1, 0.15) is 5.41 Å². The molecule has 0 aromatic heterocycles. The first-order valence-electron chi connectivity index (χ1n) is 5.34. The van der Waals surface area contributed by atoms with Gasteiger partial charge in [-0.2, -0.15) is 0 Å². The highest BCUT2D eigenvalue weighted by Gasteiger charge is 2.38. The van der Waals surface area contributed by atoms with Gasteiger partial charge in [0.2, 0.25) is 5.91 Å². The van der Waals surface area contributed by atoms with Crippen LogP contribution in [0.3, 0.4) is 0 Å². The lowest BCUT2D eigenvalue weighted by molar-refractivity contribution is -0.158. The maximum Gasteiger partial charge on any atom is 0.318 e. The summed E-state index contributed by atoms with van der Waals surface area (Å²) in [5, 5.41) is 8.92. The lowest BCUT2D eigenvalue weighted by Gasteiger charge is -2.33. The highest BCUT2D eigenvalue weighted by Crippen LogP contribution is 2.28. The number of rotatable bonds is 4. The van der Waals surface area contributed by atoms with E-state index in [2.05, 4.69) is 0 Å². The Kier molecular flexibility index (Phi) is 3.37. The van der Waals surface area contributed by atoms with Gasteiger partial charge in [0.05, 0.1) is 0 Å². The third-order valence-corrected chi connectivity index (χ3v) is 3.17. The molecule has 1 aliphatic rings. The fourth-order valence-corrected chi connectivity index (χ4v) is 1.71. The van der Waals surface area contributed by atoms with Crippen molar-refractivity contribution in [3.8, 4) is 0 Å². The van der Waals surface area contributed by atoms with Gasteiger partial charge in [-0.05, 0) is 32.6 Å². The minimum absolute atomic E-state index is 0.304. The van der Waals surface area contributed by atoms with Crippen molar-refractivity contribution in [3.63, 3.8) is 0 Å². The molecule has 0 atom stereocenters. The Bertz CT molecular complexity index is 269. The minimum atomic E-state index is -1.31. The summed E-state index contributed by atoms with van der Waals surface area (Å²) in [6, 6.07) is 0. The molecule has 1 rings (SSSR count). The van der Waals surface area contributed by atoms with Crippen molar-refractivity contribution in [2.24, 2.45) is 11.3 Å². The number of carbonyl (C=O) groups excluding carboxylic acids is 1. The van der Waals surface area contributed by atoms with Crippen LogP contribution in [0.4, 0.5) is 0 Å². The molecule has 0 heterocycles. The number of amides is 1. The first kappa shape index (κ1) is 12.0. The number of carbonyl (C=O) groups is 2. The summed E-state index contributed by atoms with van der Waals surface area (Å²) in [4.78, 5) is 24.3. The number of hydrogen-bond acceptors (Lipinski definition) is 2. The lowest BCUT2D eigenvalue weighted by atomic mass is 9.84. The second-order valence-corrected chi connectivity index (χ2v) is 4.91. The molecule has 0 unspecified atom stereocenters. The number of hydrogen-bond donors (Lipinski definition) is 1. The Balaban J connectivity index is 2.54. The van der Waals surface area contributed by atoms with Crippen molar-refractivity contribution >= 4 is 11.9 Å². The molecular formula is C11H19NO3. The molecule has 1 N–H and O–H groups in total. The van der Waals surface area contributed by atoms with Gasteiger partial charge < -0.3 is 10.0 Å². The number of nitrogens with zero attached hydrogens (tertiary/aromatic N) is 1. The van der Waals surface area contributed by atoms with E-state index in [0.717, 1.165) is 12.8 Å². The van der Waals surface area contributed by atoms with Crippen molar-refractivity contribution in [1.82, 2.24) is 4.90 Å². The predicted octanol–water partition coefficient (Wildman–Crippen LogP) is 1.36. The van der Waals surface area contributed by atoms with Gasteiger partial charge in [-0.3, -0.25) is 9.59 Å². The molecule has 1 fully saturated rings. The molecule has 0 aromatic rings. The Morgan fingerprint density at radius 3 is 2.27 bits per heavy atom. The van der Waals surface area contributed by atoms with Crippen LogP contribution in [0.1, 0.15) is 33.1 Å². The Morgan fingerprint density at radius 1 is 1.40 bits per heavy atom. The van der Waals surface area contributed by atoms with Crippen LogP contribution < -0.4 is 0 Å². The van der Waals surface area contributed by atoms with Crippen LogP contribution in [-0.2, 0) is 9.59 Å². The zero-order valence-electron chi connectivity index (χ0n) is 9.62. The molecule has 0 aliphatic heterocycles. The van der Waals surface area contributed by atoms with E-state index in [0.29, 0.717) is 12.5 Å². The summed E-state index contributed by atoms with van der Waals surface area (Å²) in [7, 11) is 1.69. The molecule has 15 heavy (non-hydrogen) atoms. The van der Waals surface area contributed by atoms with E-state index in [4.69, 9.17) is 5.11 Å². The average Bonchev–Trinajstić information content (AvgIpc) is 2.09. The smallest absolute Gasteiger partial charge is 0.318 e. The standard InChI is InChI=1S/C11H19NO3/c1-11(2,10(14)15)9(13)12(3)7-8-5-4-6-8/h8H,4-7H2,1-3H3,(H,14,15). The lowest BCUT2D eigenvalue weighted by Crippen LogP contribution is -2.45.